The van der Waals surface area contributed by atoms with Crippen molar-refractivity contribution in [3.63, 3.8) is 0 Å². The molecule has 57 heavy (non-hydrogen) atoms. The molecular formula is C37H41ClN10O5S4. The molecule has 1 amide bonds. The minimum absolute atomic E-state index is 0.0387. The second-order valence-electron chi connectivity index (χ2n) is 13.6. The van der Waals surface area contributed by atoms with Gasteiger partial charge in [0.05, 0.1) is 20.3 Å². The van der Waals surface area contributed by atoms with Crippen molar-refractivity contribution in [1.29, 1.82) is 0 Å². The van der Waals surface area contributed by atoms with E-state index in [9.17, 15) is 21.6 Å². The Kier molecular flexibility index (Phi) is 12.6. The molecule has 2 saturated heterocycles. The van der Waals surface area contributed by atoms with Gasteiger partial charge in [-0.25, -0.2) is 26.8 Å². The molecule has 2 aliphatic rings. The topological polar surface area (TPSA) is 198 Å². The summed E-state index contributed by atoms with van der Waals surface area (Å²) in [6.45, 7) is 3.56. The van der Waals surface area contributed by atoms with Crippen molar-refractivity contribution >= 4 is 93.0 Å². The van der Waals surface area contributed by atoms with Gasteiger partial charge in [-0.15, -0.1) is 11.3 Å². The van der Waals surface area contributed by atoms with Gasteiger partial charge in [-0.05, 0) is 86.3 Å². The zero-order valence-electron chi connectivity index (χ0n) is 30.6. The number of thiazole rings is 1. The van der Waals surface area contributed by atoms with Gasteiger partial charge in [0.15, 0.2) is 5.13 Å². The number of nitrogens with two attached hydrogens (primary N) is 1. The standard InChI is InChI=1S/C24H24ClN5O3S2.C13H17N5O2S2/c25-21-3-1-2-17-8-12-30(23(17)21)16-22(31)27-18-9-13-29(14-10-18)19-4-6-20(7-5-19)35(32,33)28-24-26-11-15-34-24;14-10-5-7-18(8-6-10)11-1-3-12(4-2-11)22(19,20)17-13-15-9-16-21-13/h1-8,11-12,15,18H,9-10,13-14,16H2,(H,26,28)(H,27,31);1-4,9-10H,5-8,14H2,(H,15,16,17). The fourth-order valence-corrected chi connectivity index (χ4v) is 10.5. The van der Waals surface area contributed by atoms with Crippen LogP contribution in [-0.4, -0.2) is 79.9 Å². The number of rotatable bonds is 11. The van der Waals surface area contributed by atoms with Crippen LogP contribution in [0.25, 0.3) is 10.9 Å². The van der Waals surface area contributed by atoms with Gasteiger partial charge in [0.2, 0.25) is 11.0 Å². The van der Waals surface area contributed by atoms with Crippen LogP contribution >= 0.6 is 34.5 Å². The monoisotopic (exact) mass is 868 g/mol. The fourth-order valence-electron chi connectivity index (χ4n) is 6.73. The van der Waals surface area contributed by atoms with Crippen molar-refractivity contribution in [3.8, 4) is 0 Å². The van der Waals surface area contributed by atoms with Crippen molar-refractivity contribution in [2.45, 2.75) is 54.1 Å². The van der Waals surface area contributed by atoms with Gasteiger partial charge in [0, 0.05) is 84.3 Å². The maximum Gasteiger partial charge on any atom is 0.263 e. The molecule has 6 aromatic rings. The number of halogens is 1. The lowest BCUT2D eigenvalue weighted by Gasteiger charge is -2.34. The van der Waals surface area contributed by atoms with Crippen LogP contribution in [-0.2, 0) is 31.4 Å². The molecule has 8 rings (SSSR count). The SMILES string of the molecule is NC1CCN(c2ccc(S(=O)(=O)Nc3ncns3)cc2)CC1.O=C(Cn1ccc2cccc(Cl)c21)NC1CCN(c2ccc(S(=O)(=O)Nc3nccs3)cc2)CC1. The summed E-state index contributed by atoms with van der Waals surface area (Å²) >= 11 is 8.55. The molecule has 300 valence electrons. The number of piperidine rings is 2. The van der Waals surface area contributed by atoms with Crippen molar-refractivity contribution in [3.05, 3.63) is 102 Å². The Morgan fingerprint density at radius 3 is 1.95 bits per heavy atom. The van der Waals surface area contributed by atoms with Crippen LogP contribution in [0.2, 0.25) is 5.02 Å². The molecule has 3 aromatic heterocycles. The Bertz CT molecular complexity index is 2470. The van der Waals surface area contributed by atoms with Crippen molar-refractivity contribution in [2.24, 2.45) is 5.73 Å². The Morgan fingerprint density at radius 1 is 0.789 bits per heavy atom. The number of aromatic nitrogens is 4. The van der Waals surface area contributed by atoms with Crippen LogP contribution in [0, 0.1) is 0 Å². The van der Waals surface area contributed by atoms with E-state index in [-0.39, 0.29) is 39.5 Å². The molecule has 5 heterocycles. The highest BCUT2D eigenvalue weighted by Crippen LogP contribution is 2.27. The number of amides is 1. The number of anilines is 4. The Morgan fingerprint density at radius 2 is 1.39 bits per heavy atom. The second kappa shape index (κ2) is 17.8. The predicted molar refractivity (Wildman–Crippen MR) is 226 cm³/mol. The molecule has 0 aliphatic carbocycles. The average molecular weight is 870 g/mol. The molecule has 20 heteroatoms. The molecule has 3 aromatic carbocycles. The van der Waals surface area contributed by atoms with Crippen molar-refractivity contribution in [1.82, 2.24) is 24.2 Å². The molecule has 0 unspecified atom stereocenters. The lowest BCUT2D eigenvalue weighted by atomic mass is 10.0. The van der Waals surface area contributed by atoms with Gasteiger partial charge < -0.3 is 25.4 Å². The number of nitrogens with one attached hydrogen (secondary N) is 3. The van der Waals surface area contributed by atoms with Crippen LogP contribution in [0.5, 0.6) is 0 Å². The van der Waals surface area contributed by atoms with Crippen molar-refractivity contribution < 1.29 is 21.6 Å². The van der Waals surface area contributed by atoms with E-state index in [4.69, 9.17) is 17.3 Å². The lowest BCUT2D eigenvalue weighted by molar-refractivity contribution is -0.122. The number of hydrogen-bond acceptors (Lipinski definition) is 13. The third-order valence-electron chi connectivity index (χ3n) is 9.71. The summed E-state index contributed by atoms with van der Waals surface area (Å²) in [5, 5.41) is 7.09. The number of para-hydroxylation sites is 1. The molecule has 15 nitrogen and oxygen atoms in total. The number of carbonyl (C=O) groups excluding carboxylic acids is 1. The number of hydrogen-bond donors (Lipinski definition) is 4. The van der Waals surface area contributed by atoms with E-state index in [2.05, 4.69) is 38.9 Å². The van der Waals surface area contributed by atoms with Crippen molar-refractivity contribution in [2.75, 3.05) is 45.4 Å². The van der Waals surface area contributed by atoms with Crippen LogP contribution in [0.4, 0.5) is 21.6 Å². The molecule has 0 bridgehead atoms. The first kappa shape index (κ1) is 40.4. The summed E-state index contributed by atoms with van der Waals surface area (Å²) in [5.74, 6) is -0.0387. The molecule has 0 radical (unpaired) electrons. The zero-order valence-corrected chi connectivity index (χ0v) is 34.6. The first-order chi connectivity index (χ1) is 27.4. The Labute approximate surface area is 344 Å². The smallest absolute Gasteiger partial charge is 0.263 e. The highest BCUT2D eigenvalue weighted by Gasteiger charge is 2.23. The molecule has 0 atom stereocenters. The van der Waals surface area contributed by atoms with E-state index >= 15 is 0 Å². The van der Waals surface area contributed by atoms with Gasteiger partial charge >= 0.3 is 0 Å². The van der Waals surface area contributed by atoms with E-state index in [1.54, 1.807) is 35.8 Å². The third kappa shape index (κ3) is 10.2. The van der Waals surface area contributed by atoms with Gasteiger partial charge in [0.1, 0.15) is 12.9 Å². The summed E-state index contributed by atoms with van der Waals surface area (Å²) in [6.07, 6.45) is 8.28. The highest BCUT2D eigenvalue weighted by atomic mass is 35.5. The van der Waals surface area contributed by atoms with E-state index in [0.29, 0.717) is 10.2 Å². The minimum atomic E-state index is -3.67. The summed E-state index contributed by atoms with van der Waals surface area (Å²) in [6, 6.07) is 21.7. The quantitative estimate of drug-likeness (QED) is 0.126. The first-order valence-electron chi connectivity index (χ1n) is 18.1. The molecule has 0 spiro atoms. The number of carbonyl (C=O) groups is 1. The molecule has 2 fully saturated rings. The maximum absolute atomic E-state index is 12.7. The number of sulfonamides is 2. The number of nitrogens with zero attached hydrogens (tertiary/aromatic N) is 6. The molecule has 5 N–H and O–H groups in total. The van der Waals surface area contributed by atoms with Crippen LogP contribution < -0.4 is 30.3 Å². The first-order valence-corrected chi connectivity index (χ1v) is 23.1. The molecule has 2 aliphatic heterocycles. The van der Waals surface area contributed by atoms with Gasteiger partial charge in [0.25, 0.3) is 20.0 Å². The average Bonchev–Trinajstić information content (AvgIpc) is 4.00. The summed E-state index contributed by atoms with van der Waals surface area (Å²) in [4.78, 5) is 25.3. The second-order valence-corrected chi connectivity index (χ2v) is 19.0. The Hall–Kier alpha value is -4.79. The van der Waals surface area contributed by atoms with E-state index in [1.807, 2.05) is 59.3 Å². The highest BCUT2D eigenvalue weighted by molar-refractivity contribution is 7.93. The summed E-state index contributed by atoms with van der Waals surface area (Å²) in [7, 11) is -7.29. The normalized spacial score (nSPS) is 15.5. The lowest BCUT2D eigenvalue weighted by Crippen LogP contribution is -2.45. The van der Waals surface area contributed by atoms with E-state index in [1.165, 1.54) is 17.7 Å². The minimum Gasteiger partial charge on any atom is -0.371 e. The van der Waals surface area contributed by atoms with Gasteiger partial charge in [-0.2, -0.15) is 4.37 Å². The van der Waals surface area contributed by atoms with E-state index in [0.717, 1.165) is 85.7 Å². The third-order valence-corrected chi connectivity index (χ3v) is 14.3. The van der Waals surface area contributed by atoms with Crippen LogP contribution in [0.3, 0.4) is 0 Å². The van der Waals surface area contributed by atoms with Crippen LogP contribution in [0.1, 0.15) is 25.7 Å². The summed E-state index contributed by atoms with van der Waals surface area (Å²) < 4.78 is 60.0. The van der Waals surface area contributed by atoms with Gasteiger partial charge in [-0.1, -0.05) is 23.7 Å². The predicted octanol–water partition coefficient (Wildman–Crippen LogP) is 5.60. The zero-order chi connectivity index (χ0) is 40.0. The summed E-state index contributed by atoms with van der Waals surface area (Å²) in [5.41, 5.74) is 8.73. The number of benzene rings is 3. The maximum atomic E-state index is 12.7. The molecular weight excluding hydrogens is 828 g/mol. The van der Waals surface area contributed by atoms with Crippen LogP contribution in [0.15, 0.2) is 107 Å². The number of fused-ring (bicyclic) bond motifs is 1. The molecule has 0 saturated carbocycles. The largest absolute Gasteiger partial charge is 0.371 e. The fraction of sp³-hybridized carbons (Fsp3) is 0.297. The van der Waals surface area contributed by atoms with Gasteiger partial charge in [-0.3, -0.25) is 14.2 Å². The van der Waals surface area contributed by atoms with E-state index < -0.39 is 20.0 Å². The Balaban J connectivity index is 0.000000194.